The second-order valence-corrected chi connectivity index (χ2v) is 6.40. The fourth-order valence-corrected chi connectivity index (χ4v) is 2.69. The fourth-order valence-electron chi connectivity index (χ4n) is 1.93. The molecular formula is C16H20N2O3S. The van der Waals surface area contributed by atoms with E-state index in [1.165, 1.54) is 11.8 Å². The minimum absolute atomic E-state index is 0.0610. The van der Waals surface area contributed by atoms with Crippen LogP contribution < -0.4 is 10.1 Å². The van der Waals surface area contributed by atoms with Gasteiger partial charge in [-0.3, -0.25) is 4.79 Å². The van der Waals surface area contributed by atoms with Crippen molar-refractivity contribution in [2.75, 3.05) is 12.4 Å². The molecule has 0 aliphatic carbocycles. The van der Waals surface area contributed by atoms with Crippen LogP contribution in [0.2, 0.25) is 0 Å². The van der Waals surface area contributed by atoms with Crippen LogP contribution in [0.15, 0.2) is 28.8 Å². The first-order valence-electron chi connectivity index (χ1n) is 6.99. The summed E-state index contributed by atoms with van der Waals surface area (Å²) in [7, 11) is 1.59. The van der Waals surface area contributed by atoms with Gasteiger partial charge in [0.15, 0.2) is 0 Å². The zero-order chi connectivity index (χ0) is 16.1. The largest absolute Gasteiger partial charge is 0.495 e. The summed E-state index contributed by atoms with van der Waals surface area (Å²) >= 11 is 1.51. The van der Waals surface area contributed by atoms with E-state index in [9.17, 15) is 4.79 Å². The number of nitrogens with zero attached hydrogens (tertiary/aromatic N) is 1. The van der Waals surface area contributed by atoms with Crippen LogP contribution in [0.25, 0.3) is 0 Å². The predicted octanol–water partition coefficient (Wildman–Crippen LogP) is 3.56. The van der Waals surface area contributed by atoms with Gasteiger partial charge in [-0.2, -0.15) is 0 Å². The Morgan fingerprint density at radius 1 is 1.41 bits per heavy atom. The Morgan fingerprint density at radius 2 is 2.18 bits per heavy atom. The molecule has 1 heterocycles. The van der Waals surface area contributed by atoms with E-state index in [0.717, 1.165) is 17.0 Å². The number of thioether (sulfide) groups is 1. The van der Waals surface area contributed by atoms with Gasteiger partial charge in [0.25, 0.3) is 0 Å². The fraction of sp³-hybridized carbons (Fsp3) is 0.375. The van der Waals surface area contributed by atoms with E-state index in [-0.39, 0.29) is 11.2 Å². The van der Waals surface area contributed by atoms with Crippen LogP contribution in [-0.4, -0.2) is 23.4 Å². The summed E-state index contributed by atoms with van der Waals surface area (Å²) in [5.74, 6) is 2.01. The number of nitrogens with one attached hydrogen (secondary N) is 1. The Hall–Kier alpha value is -1.95. The number of anilines is 1. The third kappa shape index (κ3) is 4.27. The molecule has 0 radical (unpaired) electrons. The lowest BCUT2D eigenvalue weighted by Gasteiger charge is -2.14. The van der Waals surface area contributed by atoms with Crippen LogP contribution in [0.3, 0.4) is 0 Å². The number of aromatic nitrogens is 1. The molecule has 0 fully saturated rings. The summed E-state index contributed by atoms with van der Waals surface area (Å²) in [6.45, 7) is 5.69. The molecule has 0 saturated carbocycles. The summed E-state index contributed by atoms with van der Waals surface area (Å²) in [5, 5.41) is 6.63. The highest BCUT2D eigenvalue weighted by Gasteiger charge is 2.16. The third-order valence-electron chi connectivity index (χ3n) is 3.14. The summed E-state index contributed by atoms with van der Waals surface area (Å²) in [5.41, 5.74) is 2.60. The number of methoxy groups -OCH3 is 1. The lowest BCUT2D eigenvalue weighted by Crippen LogP contribution is -2.23. The minimum atomic E-state index is -0.206. The van der Waals surface area contributed by atoms with E-state index in [1.807, 2.05) is 45.0 Å². The van der Waals surface area contributed by atoms with Crippen LogP contribution in [0.5, 0.6) is 5.75 Å². The summed E-state index contributed by atoms with van der Waals surface area (Å²) < 4.78 is 10.3. The first-order chi connectivity index (χ1) is 10.5. The van der Waals surface area contributed by atoms with E-state index in [2.05, 4.69) is 10.5 Å². The van der Waals surface area contributed by atoms with Crippen LogP contribution in [0.4, 0.5) is 5.69 Å². The van der Waals surface area contributed by atoms with Crippen LogP contribution in [0, 0.1) is 13.8 Å². The highest BCUT2D eigenvalue weighted by molar-refractivity contribution is 7.99. The summed E-state index contributed by atoms with van der Waals surface area (Å²) in [4.78, 5) is 12.3. The molecule has 0 aliphatic heterocycles. The average molecular weight is 320 g/mol. The lowest BCUT2D eigenvalue weighted by atomic mass is 10.2. The normalized spacial score (nSPS) is 12.0. The Bertz CT molecular complexity index is 655. The van der Waals surface area contributed by atoms with Crippen LogP contribution in [0.1, 0.15) is 23.9 Å². The number of ether oxygens (including phenoxy) is 1. The Morgan fingerprint density at radius 3 is 2.82 bits per heavy atom. The molecule has 6 heteroatoms. The number of carbonyl (C=O) groups excluding carboxylic acids is 1. The van der Waals surface area contributed by atoms with Crippen molar-refractivity contribution in [1.29, 1.82) is 0 Å². The van der Waals surface area contributed by atoms with Gasteiger partial charge >= 0.3 is 0 Å². The molecule has 2 rings (SSSR count). The highest BCUT2D eigenvalue weighted by atomic mass is 32.2. The summed E-state index contributed by atoms with van der Waals surface area (Å²) in [6, 6.07) is 7.57. The molecule has 2 aromatic rings. The molecule has 22 heavy (non-hydrogen) atoms. The zero-order valence-electron chi connectivity index (χ0n) is 13.2. The van der Waals surface area contributed by atoms with E-state index >= 15 is 0 Å². The molecule has 1 amide bonds. The van der Waals surface area contributed by atoms with Gasteiger partial charge in [-0.05, 0) is 38.5 Å². The van der Waals surface area contributed by atoms with Crippen LogP contribution >= 0.6 is 11.8 Å². The van der Waals surface area contributed by atoms with Gasteiger partial charge in [0, 0.05) is 11.8 Å². The monoisotopic (exact) mass is 320 g/mol. The number of carbonyl (C=O) groups is 1. The second-order valence-electron chi connectivity index (χ2n) is 5.08. The van der Waals surface area contributed by atoms with E-state index in [0.29, 0.717) is 17.2 Å². The van der Waals surface area contributed by atoms with Crippen LogP contribution in [-0.2, 0) is 10.5 Å². The molecule has 1 atom stereocenters. The topological polar surface area (TPSA) is 64.4 Å². The zero-order valence-corrected chi connectivity index (χ0v) is 14.0. The number of benzene rings is 1. The Balaban J connectivity index is 1.95. The van der Waals surface area contributed by atoms with Gasteiger partial charge in [0.2, 0.25) is 5.91 Å². The van der Waals surface area contributed by atoms with Gasteiger partial charge in [0.1, 0.15) is 11.5 Å². The molecule has 0 bridgehead atoms. The number of amides is 1. The molecule has 1 unspecified atom stereocenters. The first-order valence-corrected chi connectivity index (χ1v) is 8.03. The molecule has 1 aromatic heterocycles. The summed E-state index contributed by atoms with van der Waals surface area (Å²) in [6.07, 6.45) is 0. The lowest BCUT2D eigenvalue weighted by molar-refractivity contribution is -0.115. The number of aryl methyl sites for hydroxylation is 2. The second kappa shape index (κ2) is 7.35. The van der Waals surface area contributed by atoms with E-state index in [4.69, 9.17) is 9.26 Å². The van der Waals surface area contributed by atoms with Gasteiger partial charge in [-0.25, -0.2) is 0 Å². The molecule has 118 valence electrons. The maximum atomic E-state index is 12.3. The molecule has 5 nitrogen and oxygen atoms in total. The maximum absolute atomic E-state index is 12.3. The molecule has 0 spiro atoms. The van der Waals surface area contributed by atoms with Crippen molar-refractivity contribution in [1.82, 2.24) is 5.16 Å². The van der Waals surface area contributed by atoms with Crippen molar-refractivity contribution in [2.45, 2.75) is 31.8 Å². The Kier molecular flexibility index (Phi) is 5.49. The quantitative estimate of drug-likeness (QED) is 0.881. The van der Waals surface area contributed by atoms with Crippen molar-refractivity contribution in [3.05, 3.63) is 41.3 Å². The van der Waals surface area contributed by atoms with Gasteiger partial charge < -0.3 is 14.6 Å². The average Bonchev–Trinajstić information content (AvgIpc) is 2.90. The molecule has 1 N–H and O–H groups in total. The van der Waals surface area contributed by atoms with Crippen molar-refractivity contribution in [3.8, 4) is 5.75 Å². The molecule has 0 saturated heterocycles. The van der Waals surface area contributed by atoms with Crippen molar-refractivity contribution in [2.24, 2.45) is 0 Å². The van der Waals surface area contributed by atoms with Gasteiger partial charge in [0.05, 0.1) is 23.7 Å². The van der Waals surface area contributed by atoms with Gasteiger partial charge in [-0.15, -0.1) is 11.8 Å². The third-order valence-corrected chi connectivity index (χ3v) is 4.32. The van der Waals surface area contributed by atoms with Gasteiger partial charge in [-0.1, -0.05) is 11.2 Å². The molecule has 0 aliphatic rings. The standard InChI is InChI=1S/C16H20N2O3S/c1-10-5-6-15(20-4)14(7-10)17-16(19)12(3)22-9-13-8-11(2)21-18-13/h5-8,12H,9H2,1-4H3,(H,17,19). The Labute approximate surface area is 134 Å². The predicted molar refractivity (Wildman–Crippen MR) is 88.4 cm³/mol. The highest BCUT2D eigenvalue weighted by Crippen LogP contribution is 2.26. The molecule has 1 aromatic carbocycles. The number of hydrogen-bond donors (Lipinski definition) is 1. The van der Waals surface area contributed by atoms with E-state index < -0.39 is 0 Å². The maximum Gasteiger partial charge on any atom is 0.237 e. The number of rotatable bonds is 6. The van der Waals surface area contributed by atoms with Crippen molar-refractivity contribution >= 4 is 23.4 Å². The van der Waals surface area contributed by atoms with Crippen molar-refractivity contribution in [3.63, 3.8) is 0 Å². The smallest absolute Gasteiger partial charge is 0.237 e. The van der Waals surface area contributed by atoms with Crippen molar-refractivity contribution < 1.29 is 14.1 Å². The minimum Gasteiger partial charge on any atom is -0.495 e. The van der Waals surface area contributed by atoms with E-state index in [1.54, 1.807) is 7.11 Å². The SMILES string of the molecule is COc1ccc(C)cc1NC(=O)C(C)SCc1cc(C)on1. The number of hydrogen-bond acceptors (Lipinski definition) is 5. The molecular weight excluding hydrogens is 300 g/mol. The first kappa shape index (κ1) is 16.4.